The van der Waals surface area contributed by atoms with Gasteiger partial charge in [-0.3, -0.25) is 0 Å². The second kappa shape index (κ2) is 8.71. The van der Waals surface area contributed by atoms with Gasteiger partial charge < -0.3 is 14.6 Å². The van der Waals surface area contributed by atoms with Crippen LogP contribution in [-0.2, 0) is 6.42 Å². The Morgan fingerprint density at radius 3 is 2.45 bits per heavy atom. The number of aryl methyl sites for hydroxylation is 2. The molecule has 0 aliphatic heterocycles. The van der Waals surface area contributed by atoms with Crippen molar-refractivity contribution in [1.82, 2.24) is 4.98 Å². The summed E-state index contributed by atoms with van der Waals surface area (Å²) in [4.78, 5) is 4.60. The number of rotatable bonds is 9. The highest BCUT2D eigenvalue weighted by Crippen LogP contribution is 2.22. The minimum atomic E-state index is 0.0264. The largest absolute Gasteiger partial charge is 0.441 e. The van der Waals surface area contributed by atoms with Crippen LogP contribution in [0.5, 0.6) is 0 Å². The third-order valence-corrected chi connectivity index (χ3v) is 3.96. The SMILES string of the molecule is Cc1oc(-c2ccccc2)nc1CCCCCC(CO)CO. The molecule has 0 aliphatic rings. The molecule has 0 radical (unpaired) electrons. The van der Waals surface area contributed by atoms with Gasteiger partial charge in [-0.25, -0.2) is 4.98 Å². The van der Waals surface area contributed by atoms with Crippen molar-refractivity contribution in [2.45, 2.75) is 39.0 Å². The molecule has 0 atom stereocenters. The first-order chi connectivity index (χ1) is 10.7. The zero-order chi connectivity index (χ0) is 15.8. The fourth-order valence-corrected chi connectivity index (χ4v) is 2.51. The molecule has 0 saturated carbocycles. The summed E-state index contributed by atoms with van der Waals surface area (Å²) in [6, 6.07) is 9.94. The van der Waals surface area contributed by atoms with Crippen molar-refractivity contribution >= 4 is 0 Å². The van der Waals surface area contributed by atoms with Crippen molar-refractivity contribution in [1.29, 1.82) is 0 Å². The number of unbranched alkanes of at least 4 members (excludes halogenated alkanes) is 2. The molecular formula is C18H25NO3. The lowest BCUT2D eigenvalue weighted by Gasteiger charge is -2.09. The van der Waals surface area contributed by atoms with Gasteiger partial charge in [0, 0.05) is 24.7 Å². The van der Waals surface area contributed by atoms with Crippen LogP contribution in [0.15, 0.2) is 34.7 Å². The molecule has 2 rings (SSSR count). The van der Waals surface area contributed by atoms with E-state index in [9.17, 15) is 0 Å². The standard InChI is InChI=1S/C18H25NO3/c1-14-17(11-7-2-4-8-15(12-20)13-21)19-18(22-14)16-9-5-3-6-10-16/h3,5-6,9-10,15,20-21H,2,4,7-8,11-13H2,1H3. The monoisotopic (exact) mass is 303 g/mol. The summed E-state index contributed by atoms with van der Waals surface area (Å²) in [7, 11) is 0. The molecule has 22 heavy (non-hydrogen) atoms. The molecule has 0 spiro atoms. The van der Waals surface area contributed by atoms with E-state index in [1.54, 1.807) is 0 Å². The maximum absolute atomic E-state index is 9.03. The lowest BCUT2D eigenvalue weighted by Crippen LogP contribution is -2.10. The molecule has 0 saturated heterocycles. The molecule has 1 aromatic heterocycles. The fraction of sp³-hybridized carbons (Fsp3) is 0.500. The molecule has 4 nitrogen and oxygen atoms in total. The highest BCUT2D eigenvalue weighted by Gasteiger charge is 2.11. The minimum Gasteiger partial charge on any atom is -0.441 e. The molecule has 2 aromatic rings. The van der Waals surface area contributed by atoms with E-state index in [1.165, 1.54) is 0 Å². The van der Waals surface area contributed by atoms with Gasteiger partial charge in [-0.1, -0.05) is 31.0 Å². The summed E-state index contributed by atoms with van der Waals surface area (Å²) in [6.07, 6.45) is 4.92. The van der Waals surface area contributed by atoms with Crippen LogP contribution in [0.3, 0.4) is 0 Å². The maximum Gasteiger partial charge on any atom is 0.226 e. The normalized spacial score (nSPS) is 11.3. The number of aliphatic hydroxyl groups is 2. The highest BCUT2D eigenvalue weighted by molar-refractivity contribution is 5.53. The molecule has 1 aromatic carbocycles. The molecule has 120 valence electrons. The van der Waals surface area contributed by atoms with Crippen molar-refractivity contribution in [2.75, 3.05) is 13.2 Å². The zero-order valence-electron chi connectivity index (χ0n) is 13.2. The molecule has 0 unspecified atom stereocenters. The molecule has 0 fully saturated rings. The number of aromatic nitrogens is 1. The summed E-state index contributed by atoms with van der Waals surface area (Å²) >= 11 is 0. The lowest BCUT2D eigenvalue weighted by atomic mass is 10.0. The number of oxazole rings is 1. The van der Waals surface area contributed by atoms with E-state index in [-0.39, 0.29) is 19.1 Å². The molecular weight excluding hydrogens is 278 g/mol. The van der Waals surface area contributed by atoms with Crippen molar-refractivity contribution in [3.63, 3.8) is 0 Å². The second-order valence-electron chi connectivity index (χ2n) is 5.72. The Hall–Kier alpha value is -1.65. The van der Waals surface area contributed by atoms with Gasteiger partial charge >= 0.3 is 0 Å². The average Bonchev–Trinajstić information content (AvgIpc) is 2.93. The highest BCUT2D eigenvalue weighted by atomic mass is 16.4. The molecule has 0 bridgehead atoms. The Bertz CT molecular complexity index is 547. The Kier molecular flexibility index (Phi) is 6.62. The van der Waals surface area contributed by atoms with Gasteiger partial charge in [0.15, 0.2) is 0 Å². The Labute approximate surface area is 131 Å². The minimum absolute atomic E-state index is 0.0264. The average molecular weight is 303 g/mol. The predicted molar refractivity (Wildman–Crippen MR) is 86.5 cm³/mol. The molecule has 4 heteroatoms. The maximum atomic E-state index is 9.03. The van der Waals surface area contributed by atoms with Crippen molar-refractivity contribution in [2.24, 2.45) is 5.92 Å². The Balaban J connectivity index is 1.80. The fourth-order valence-electron chi connectivity index (χ4n) is 2.51. The van der Waals surface area contributed by atoms with E-state index in [0.717, 1.165) is 49.1 Å². The van der Waals surface area contributed by atoms with E-state index in [4.69, 9.17) is 14.6 Å². The van der Waals surface area contributed by atoms with Gasteiger partial charge in [-0.2, -0.15) is 0 Å². The number of benzene rings is 1. The molecule has 0 amide bonds. The lowest BCUT2D eigenvalue weighted by molar-refractivity contribution is 0.141. The first kappa shape index (κ1) is 16.7. The number of nitrogens with zero attached hydrogens (tertiary/aromatic N) is 1. The summed E-state index contributed by atoms with van der Waals surface area (Å²) in [6.45, 7) is 2.10. The van der Waals surface area contributed by atoms with Crippen LogP contribution < -0.4 is 0 Å². The number of aliphatic hydroxyl groups excluding tert-OH is 2. The van der Waals surface area contributed by atoms with E-state index < -0.39 is 0 Å². The topological polar surface area (TPSA) is 66.5 Å². The van der Waals surface area contributed by atoms with E-state index in [0.29, 0.717) is 5.89 Å². The van der Waals surface area contributed by atoms with Crippen molar-refractivity contribution < 1.29 is 14.6 Å². The molecule has 1 heterocycles. The van der Waals surface area contributed by atoms with Crippen LogP contribution >= 0.6 is 0 Å². The van der Waals surface area contributed by atoms with Crippen LogP contribution in [0.25, 0.3) is 11.5 Å². The van der Waals surface area contributed by atoms with Crippen LogP contribution in [-0.4, -0.2) is 28.4 Å². The van der Waals surface area contributed by atoms with Gasteiger partial charge in [0.1, 0.15) is 5.76 Å². The summed E-state index contributed by atoms with van der Waals surface area (Å²) in [5, 5.41) is 18.1. The third-order valence-electron chi connectivity index (χ3n) is 3.96. The van der Waals surface area contributed by atoms with Crippen LogP contribution in [0.1, 0.15) is 37.1 Å². The van der Waals surface area contributed by atoms with Gasteiger partial charge in [-0.15, -0.1) is 0 Å². The molecule has 0 aliphatic carbocycles. The Morgan fingerprint density at radius 2 is 1.77 bits per heavy atom. The predicted octanol–water partition coefficient (Wildman–Crippen LogP) is 3.35. The van der Waals surface area contributed by atoms with E-state index in [1.807, 2.05) is 37.3 Å². The van der Waals surface area contributed by atoms with Crippen molar-refractivity contribution in [3.05, 3.63) is 41.8 Å². The first-order valence-electron chi connectivity index (χ1n) is 7.98. The van der Waals surface area contributed by atoms with Gasteiger partial charge in [0.2, 0.25) is 5.89 Å². The molecule has 2 N–H and O–H groups in total. The van der Waals surface area contributed by atoms with E-state index in [2.05, 4.69) is 4.98 Å². The van der Waals surface area contributed by atoms with Crippen molar-refractivity contribution in [3.8, 4) is 11.5 Å². The summed E-state index contributed by atoms with van der Waals surface area (Å²) in [5.74, 6) is 1.61. The third kappa shape index (κ3) is 4.68. The van der Waals surface area contributed by atoms with Crippen LogP contribution in [0, 0.1) is 12.8 Å². The summed E-state index contributed by atoms with van der Waals surface area (Å²) < 4.78 is 5.75. The van der Waals surface area contributed by atoms with Gasteiger partial charge in [0.05, 0.1) is 5.69 Å². The first-order valence-corrected chi connectivity index (χ1v) is 7.98. The zero-order valence-corrected chi connectivity index (χ0v) is 13.2. The van der Waals surface area contributed by atoms with Crippen LogP contribution in [0.2, 0.25) is 0 Å². The van der Waals surface area contributed by atoms with E-state index >= 15 is 0 Å². The Morgan fingerprint density at radius 1 is 1.05 bits per heavy atom. The quantitative estimate of drug-likeness (QED) is 0.697. The second-order valence-corrected chi connectivity index (χ2v) is 5.72. The van der Waals surface area contributed by atoms with Crippen LogP contribution in [0.4, 0.5) is 0 Å². The van der Waals surface area contributed by atoms with Gasteiger partial charge in [0.25, 0.3) is 0 Å². The smallest absolute Gasteiger partial charge is 0.226 e. The number of hydrogen-bond acceptors (Lipinski definition) is 4. The summed E-state index contributed by atoms with van der Waals surface area (Å²) in [5.41, 5.74) is 2.03. The number of hydrogen-bond donors (Lipinski definition) is 2. The van der Waals surface area contributed by atoms with Gasteiger partial charge in [-0.05, 0) is 38.3 Å².